The highest BCUT2D eigenvalue weighted by molar-refractivity contribution is 5.74. The van der Waals surface area contributed by atoms with E-state index in [9.17, 15) is 9.90 Å². The molecule has 0 amide bonds. The molecule has 4 heteroatoms. The van der Waals surface area contributed by atoms with Gasteiger partial charge in [0.1, 0.15) is 11.8 Å². The summed E-state index contributed by atoms with van der Waals surface area (Å²) in [5.41, 5.74) is 1.14. The summed E-state index contributed by atoms with van der Waals surface area (Å²) in [6.45, 7) is 4.73. The van der Waals surface area contributed by atoms with Gasteiger partial charge in [0.2, 0.25) is 0 Å². The van der Waals surface area contributed by atoms with Crippen molar-refractivity contribution < 1.29 is 14.6 Å². The molecule has 1 N–H and O–H groups in total. The molecule has 1 aliphatic carbocycles. The number of hydrogen-bond acceptors (Lipinski definition) is 3. The Morgan fingerprint density at radius 1 is 1.35 bits per heavy atom. The van der Waals surface area contributed by atoms with Gasteiger partial charge < -0.3 is 9.84 Å². The SMILES string of the molecule is CC(C)Oc1cccc(CN2C(C(=O)O)CC3CCCCC32)c1. The highest BCUT2D eigenvalue weighted by Crippen LogP contribution is 2.40. The largest absolute Gasteiger partial charge is 0.491 e. The quantitative estimate of drug-likeness (QED) is 0.900. The Kier molecular flexibility index (Phi) is 4.90. The summed E-state index contributed by atoms with van der Waals surface area (Å²) in [6.07, 6.45) is 5.74. The molecule has 3 unspecified atom stereocenters. The smallest absolute Gasteiger partial charge is 0.320 e. The second kappa shape index (κ2) is 6.91. The van der Waals surface area contributed by atoms with Crippen LogP contribution in [0, 0.1) is 5.92 Å². The van der Waals surface area contributed by atoms with E-state index < -0.39 is 5.97 Å². The number of ether oxygens (including phenoxy) is 1. The van der Waals surface area contributed by atoms with Crippen molar-refractivity contribution >= 4 is 5.97 Å². The molecular weight excluding hydrogens is 290 g/mol. The van der Waals surface area contributed by atoms with Crippen LogP contribution in [-0.2, 0) is 11.3 Å². The van der Waals surface area contributed by atoms with E-state index in [1.807, 2.05) is 26.0 Å². The maximum Gasteiger partial charge on any atom is 0.320 e. The van der Waals surface area contributed by atoms with Gasteiger partial charge in [0.15, 0.2) is 0 Å². The lowest BCUT2D eigenvalue weighted by molar-refractivity contribution is -0.142. The number of rotatable bonds is 5. The van der Waals surface area contributed by atoms with E-state index in [1.54, 1.807) is 0 Å². The number of hydrogen-bond donors (Lipinski definition) is 1. The van der Waals surface area contributed by atoms with Gasteiger partial charge in [0, 0.05) is 12.6 Å². The summed E-state index contributed by atoms with van der Waals surface area (Å²) in [4.78, 5) is 13.9. The van der Waals surface area contributed by atoms with Gasteiger partial charge in [-0.2, -0.15) is 0 Å². The van der Waals surface area contributed by atoms with Gasteiger partial charge in [0.25, 0.3) is 0 Å². The Balaban J connectivity index is 1.77. The lowest BCUT2D eigenvalue weighted by Crippen LogP contribution is -2.41. The van der Waals surface area contributed by atoms with Crippen LogP contribution < -0.4 is 4.74 Å². The molecule has 3 rings (SSSR count). The Hall–Kier alpha value is -1.55. The van der Waals surface area contributed by atoms with Crippen LogP contribution in [0.25, 0.3) is 0 Å². The fourth-order valence-corrected chi connectivity index (χ4v) is 4.22. The molecule has 2 fully saturated rings. The molecule has 0 aromatic heterocycles. The van der Waals surface area contributed by atoms with E-state index in [0.717, 1.165) is 24.2 Å². The standard InChI is InChI=1S/C19H27NO3/c1-13(2)23-16-8-5-6-14(10-16)12-20-17-9-4-3-7-15(17)11-18(20)19(21)22/h5-6,8,10,13,15,17-18H,3-4,7,9,11-12H2,1-2H3,(H,21,22). The Morgan fingerprint density at radius 3 is 2.87 bits per heavy atom. The molecule has 0 bridgehead atoms. The summed E-state index contributed by atoms with van der Waals surface area (Å²) < 4.78 is 5.77. The zero-order valence-corrected chi connectivity index (χ0v) is 14.1. The van der Waals surface area contributed by atoms with Crippen LogP contribution in [-0.4, -0.2) is 34.2 Å². The second-order valence-electron chi connectivity index (χ2n) is 7.19. The van der Waals surface area contributed by atoms with Crippen molar-refractivity contribution in [3.63, 3.8) is 0 Å². The first-order chi connectivity index (χ1) is 11.0. The van der Waals surface area contributed by atoms with Crippen LogP contribution >= 0.6 is 0 Å². The van der Waals surface area contributed by atoms with E-state index >= 15 is 0 Å². The van der Waals surface area contributed by atoms with Crippen LogP contribution in [0.5, 0.6) is 5.75 Å². The van der Waals surface area contributed by atoms with E-state index in [4.69, 9.17) is 4.74 Å². The molecule has 1 saturated carbocycles. The fourth-order valence-electron chi connectivity index (χ4n) is 4.22. The first-order valence-electron chi connectivity index (χ1n) is 8.78. The summed E-state index contributed by atoms with van der Waals surface area (Å²) in [5, 5.41) is 9.62. The molecule has 1 aromatic carbocycles. The summed E-state index contributed by atoms with van der Waals surface area (Å²) in [5.74, 6) is 0.748. The summed E-state index contributed by atoms with van der Waals surface area (Å²) in [7, 11) is 0. The molecule has 1 saturated heterocycles. The zero-order chi connectivity index (χ0) is 16.4. The van der Waals surface area contributed by atoms with Gasteiger partial charge in [-0.05, 0) is 56.7 Å². The van der Waals surface area contributed by atoms with Crippen molar-refractivity contribution in [2.75, 3.05) is 0 Å². The van der Waals surface area contributed by atoms with Crippen molar-refractivity contribution in [2.24, 2.45) is 5.92 Å². The predicted molar refractivity (Wildman–Crippen MR) is 89.5 cm³/mol. The van der Waals surface area contributed by atoms with Crippen molar-refractivity contribution in [2.45, 2.75) is 70.7 Å². The third kappa shape index (κ3) is 3.69. The van der Waals surface area contributed by atoms with Crippen molar-refractivity contribution in [1.29, 1.82) is 0 Å². The van der Waals surface area contributed by atoms with Crippen LogP contribution in [0.15, 0.2) is 24.3 Å². The topological polar surface area (TPSA) is 49.8 Å². The third-order valence-corrected chi connectivity index (χ3v) is 5.14. The first-order valence-corrected chi connectivity index (χ1v) is 8.78. The van der Waals surface area contributed by atoms with Crippen LogP contribution in [0.2, 0.25) is 0 Å². The number of carboxylic acid groups (broad SMARTS) is 1. The maximum atomic E-state index is 11.7. The van der Waals surface area contributed by atoms with Gasteiger partial charge in [-0.1, -0.05) is 25.0 Å². The van der Waals surface area contributed by atoms with Crippen LogP contribution in [0.3, 0.4) is 0 Å². The van der Waals surface area contributed by atoms with Crippen LogP contribution in [0.1, 0.15) is 51.5 Å². The second-order valence-corrected chi connectivity index (χ2v) is 7.19. The normalized spacial score (nSPS) is 27.9. The number of benzene rings is 1. The summed E-state index contributed by atoms with van der Waals surface area (Å²) in [6, 6.07) is 8.18. The average molecular weight is 317 g/mol. The van der Waals surface area contributed by atoms with E-state index in [2.05, 4.69) is 17.0 Å². The highest BCUT2D eigenvalue weighted by Gasteiger charge is 2.44. The molecule has 126 valence electrons. The van der Waals surface area contributed by atoms with Crippen molar-refractivity contribution in [1.82, 2.24) is 4.90 Å². The number of carbonyl (C=O) groups is 1. The molecule has 3 atom stereocenters. The van der Waals surface area contributed by atoms with Crippen molar-refractivity contribution in [3.05, 3.63) is 29.8 Å². The van der Waals surface area contributed by atoms with Gasteiger partial charge in [0.05, 0.1) is 6.10 Å². The number of likely N-dealkylation sites (tertiary alicyclic amines) is 1. The van der Waals surface area contributed by atoms with E-state index in [-0.39, 0.29) is 12.1 Å². The molecule has 0 radical (unpaired) electrons. The Labute approximate surface area is 138 Å². The predicted octanol–water partition coefficient (Wildman–Crippen LogP) is 3.69. The number of aliphatic carboxylic acids is 1. The summed E-state index contributed by atoms with van der Waals surface area (Å²) >= 11 is 0. The maximum absolute atomic E-state index is 11.7. The number of nitrogens with zero attached hydrogens (tertiary/aromatic N) is 1. The minimum absolute atomic E-state index is 0.145. The molecule has 2 aliphatic rings. The van der Waals surface area contributed by atoms with Gasteiger partial charge >= 0.3 is 5.97 Å². The minimum atomic E-state index is -0.672. The Morgan fingerprint density at radius 2 is 2.13 bits per heavy atom. The molecule has 1 aliphatic heterocycles. The number of carboxylic acids is 1. The first kappa shape index (κ1) is 16.3. The average Bonchev–Trinajstić information content (AvgIpc) is 2.86. The van der Waals surface area contributed by atoms with Gasteiger partial charge in [-0.25, -0.2) is 0 Å². The van der Waals surface area contributed by atoms with E-state index in [0.29, 0.717) is 18.5 Å². The molecular formula is C19H27NO3. The Bertz CT molecular complexity index is 557. The zero-order valence-electron chi connectivity index (χ0n) is 14.1. The third-order valence-electron chi connectivity index (χ3n) is 5.14. The molecule has 1 heterocycles. The molecule has 23 heavy (non-hydrogen) atoms. The molecule has 1 aromatic rings. The van der Waals surface area contributed by atoms with Crippen molar-refractivity contribution in [3.8, 4) is 5.75 Å². The highest BCUT2D eigenvalue weighted by atomic mass is 16.5. The lowest BCUT2D eigenvalue weighted by Gasteiger charge is -2.33. The van der Waals surface area contributed by atoms with Gasteiger partial charge in [-0.3, -0.25) is 9.69 Å². The molecule has 0 spiro atoms. The molecule has 4 nitrogen and oxygen atoms in total. The minimum Gasteiger partial charge on any atom is -0.491 e. The van der Waals surface area contributed by atoms with E-state index in [1.165, 1.54) is 19.3 Å². The lowest BCUT2D eigenvalue weighted by atomic mass is 9.84. The van der Waals surface area contributed by atoms with Gasteiger partial charge in [-0.15, -0.1) is 0 Å². The number of fused-ring (bicyclic) bond motifs is 1. The van der Waals surface area contributed by atoms with Crippen LogP contribution in [0.4, 0.5) is 0 Å². The monoisotopic (exact) mass is 317 g/mol. The fraction of sp³-hybridized carbons (Fsp3) is 0.632.